The molecule has 0 saturated carbocycles. The van der Waals surface area contributed by atoms with Crippen LogP contribution in [0.3, 0.4) is 0 Å². The number of aromatic nitrogens is 3. The van der Waals surface area contributed by atoms with Crippen molar-refractivity contribution < 1.29 is 9.53 Å². The second kappa shape index (κ2) is 8.01. The van der Waals surface area contributed by atoms with Gasteiger partial charge in [0.15, 0.2) is 5.65 Å². The van der Waals surface area contributed by atoms with Gasteiger partial charge >= 0.3 is 6.09 Å². The summed E-state index contributed by atoms with van der Waals surface area (Å²) in [6, 6.07) is 1.95. The van der Waals surface area contributed by atoms with Gasteiger partial charge in [-0.15, -0.1) is 11.3 Å². The minimum absolute atomic E-state index is 0.0358. The average Bonchev–Trinajstić information content (AvgIpc) is 3.29. The number of nitrogens with zero attached hydrogens (tertiary/aromatic N) is 4. The Bertz CT molecular complexity index is 1110. The van der Waals surface area contributed by atoms with Crippen LogP contribution in [0.15, 0.2) is 22.1 Å². The number of carbonyl (C=O) groups is 1. The number of ether oxygens (including phenoxy) is 1. The van der Waals surface area contributed by atoms with Crippen LogP contribution < -0.4 is 5.73 Å². The van der Waals surface area contributed by atoms with E-state index in [4.69, 9.17) is 27.1 Å². The van der Waals surface area contributed by atoms with Crippen molar-refractivity contribution in [3.8, 4) is 11.1 Å². The Morgan fingerprint density at radius 1 is 1.40 bits per heavy atom. The Hall–Kier alpha value is -1.84. The molecule has 1 fully saturated rings. The summed E-state index contributed by atoms with van der Waals surface area (Å²) in [5.74, 6) is 0.510. The number of likely N-dealkylation sites (tertiary alicyclic amines) is 1. The van der Waals surface area contributed by atoms with Crippen LogP contribution in [0.1, 0.15) is 45.2 Å². The van der Waals surface area contributed by atoms with E-state index in [1.165, 1.54) is 11.3 Å². The van der Waals surface area contributed by atoms with Crippen molar-refractivity contribution >= 4 is 56.4 Å². The van der Waals surface area contributed by atoms with E-state index in [2.05, 4.69) is 21.0 Å². The van der Waals surface area contributed by atoms with Gasteiger partial charge in [-0.3, -0.25) is 0 Å². The van der Waals surface area contributed by atoms with Crippen molar-refractivity contribution in [3.05, 3.63) is 32.1 Å². The van der Waals surface area contributed by atoms with Crippen molar-refractivity contribution in [2.24, 2.45) is 0 Å². The summed E-state index contributed by atoms with van der Waals surface area (Å²) in [6.07, 6.45) is 3.21. The van der Waals surface area contributed by atoms with Gasteiger partial charge in [0.25, 0.3) is 0 Å². The van der Waals surface area contributed by atoms with Crippen molar-refractivity contribution in [2.45, 2.75) is 45.1 Å². The third-order valence-electron chi connectivity index (χ3n) is 5.02. The number of fused-ring (bicyclic) bond motifs is 1. The highest BCUT2D eigenvalue weighted by Crippen LogP contribution is 2.39. The first-order chi connectivity index (χ1) is 14.2. The molecule has 1 amide bonds. The van der Waals surface area contributed by atoms with Crippen LogP contribution in [0.25, 0.3) is 16.8 Å². The van der Waals surface area contributed by atoms with Crippen LogP contribution in [0.5, 0.6) is 0 Å². The molecule has 4 heterocycles. The number of anilines is 1. The Balaban J connectivity index is 1.71. The standard InChI is InChI=1S/C20H23BrClN5O2S/c1-20(2,3)29-19(28)26-7-4-5-11(10-26)15-14(21)17(23)27-18(25-15)13(9-24-27)12-6-8-30-16(12)22/h6,8-9,11H,4-5,7,10,23H2,1-3H3. The first-order valence-electron chi connectivity index (χ1n) is 9.69. The number of nitrogens with two attached hydrogens (primary N) is 1. The zero-order valence-corrected chi connectivity index (χ0v) is 20.1. The molecule has 3 aromatic rings. The molecule has 30 heavy (non-hydrogen) atoms. The maximum Gasteiger partial charge on any atom is 0.410 e. The van der Waals surface area contributed by atoms with Crippen molar-refractivity contribution in [2.75, 3.05) is 18.8 Å². The number of halogens is 2. The lowest BCUT2D eigenvalue weighted by Crippen LogP contribution is -2.42. The highest BCUT2D eigenvalue weighted by Gasteiger charge is 2.31. The Morgan fingerprint density at radius 2 is 2.17 bits per heavy atom. The molecular formula is C20H23BrClN5O2S. The van der Waals surface area contributed by atoms with E-state index in [1.54, 1.807) is 15.6 Å². The molecule has 4 rings (SSSR count). The van der Waals surface area contributed by atoms with Gasteiger partial charge in [-0.25, -0.2) is 9.78 Å². The average molecular weight is 513 g/mol. The van der Waals surface area contributed by atoms with E-state index in [-0.39, 0.29) is 12.0 Å². The minimum Gasteiger partial charge on any atom is -0.444 e. The van der Waals surface area contributed by atoms with Gasteiger partial charge in [0.1, 0.15) is 15.8 Å². The third kappa shape index (κ3) is 4.02. The summed E-state index contributed by atoms with van der Waals surface area (Å²) in [6.45, 7) is 6.81. The summed E-state index contributed by atoms with van der Waals surface area (Å²) < 4.78 is 8.56. The summed E-state index contributed by atoms with van der Waals surface area (Å²) in [7, 11) is 0. The quantitative estimate of drug-likeness (QED) is 0.485. The fraction of sp³-hybridized carbons (Fsp3) is 0.450. The molecule has 1 atom stereocenters. The number of amides is 1. The number of piperidine rings is 1. The molecule has 1 unspecified atom stereocenters. The Labute approximate surface area is 192 Å². The van der Waals surface area contributed by atoms with Crippen molar-refractivity contribution in [1.29, 1.82) is 0 Å². The van der Waals surface area contributed by atoms with Crippen LogP contribution in [-0.2, 0) is 4.74 Å². The van der Waals surface area contributed by atoms with Crippen molar-refractivity contribution in [1.82, 2.24) is 19.5 Å². The van der Waals surface area contributed by atoms with E-state index in [0.29, 0.717) is 33.4 Å². The van der Waals surface area contributed by atoms with E-state index in [1.807, 2.05) is 32.2 Å². The molecule has 0 aromatic carbocycles. The van der Waals surface area contributed by atoms with E-state index in [0.717, 1.165) is 29.7 Å². The molecule has 1 saturated heterocycles. The molecule has 160 valence electrons. The summed E-state index contributed by atoms with van der Waals surface area (Å²) in [5, 5.41) is 6.34. The number of carbonyl (C=O) groups excluding carboxylic acids is 1. The van der Waals surface area contributed by atoms with Crippen LogP contribution in [0, 0.1) is 0 Å². The minimum atomic E-state index is -0.529. The highest BCUT2D eigenvalue weighted by molar-refractivity contribution is 9.10. The number of thiophene rings is 1. The first-order valence-corrected chi connectivity index (χ1v) is 11.7. The summed E-state index contributed by atoms with van der Waals surface area (Å²) >= 11 is 11.4. The highest BCUT2D eigenvalue weighted by atomic mass is 79.9. The molecule has 0 aliphatic carbocycles. The fourth-order valence-electron chi connectivity index (χ4n) is 3.65. The lowest BCUT2D eigenvalue weighted by Gasteiger charge is -2.34. The molecule has 7 nitrogen and oxygen atoms in total. The molecular weight excluding hydrogens is 490 g/mol. The molecule has 10 heteroatoms. The van der Waals surface area contributed by atoms with Crippen LogP contribution in [0.4, 0.5) is 10.6 Å². The lowest BCUT2D eigenvalue weighted by atomic mass is 9.94. The normalized spacial score (nSPS) is 17.5. The first kappa shape index (κ1) is 21.4. The number of nitrogen functional groups attached to an aromatic ring is 1. The topological polar surface area (TPSA) is 85.8 Å². The molecule has 1 aliphatic heterocycles. The second-order valence-electron chi connectivity index (χ2n) is 8.36. The number of hydrogen-bond acceptors (Lipinski definition) is 6. The molecule has 0 spiro atoms. The van der Waals surface area contributed by atoms with Gasteiger partial charge in [0.05, 0.1) is 16.4 Å². The number of rotatable bonds is 2. The molecule has 0 radical (unpaired) electrons. The van der Waals surface area contributed by atoms with Crippen LogP contribution >= 0.6 is 38.9 Å². The second-order valence-corrected chi connectivity index (χ2v) is 10.7. The molecule has 1 aliphatic rings. The van der Waals surface area contributed by atoms with Crippen molar-refractivity contribution in [3.63, 3.8) is 0 Å². The summed E-state index contributed by atoms with van der Waals surface area (Å²) in [4.78, 5) is 19.3. The van der Waals surface area contributed by atoms with Crippen LogP contribution in [-0.4, -0.2) is 44.3 Å². The maximum atomic E-state index is 12.6. The summed E-state index contributed by atoms with van der Waals surface area (Å²) in [5.41, 5.74) is 9.05. The van der Waals surface area contributed by atoms with Gasteiger partial charge in [-0.2, -0.15) is 9.61 Å². The van der Waals surface area contributed by atoms with Gasteiger partial charge in [0, 0.05) is 30.1 Å². The smallest absolute Gasteiger partial charge is 0.410 e. The van der Waals surface area contributed by atoms with Gasteiger partial charge < -0.3 is 15.4 Å². The maximum absolute atomic E-state index is 12.6. The molecule has 2 N–H and O–H groups in total. The van der Waals surface area contributed by atoms with E-state index < -0.39 is 5.60 Å². The van der Waals surface area contributed by atoms with Gasteiger partial charge in [-0.05, 0) is 61.0 Å². The number of hydrogen-bond donors (Lipinski definition) is 1. The lowest BCUT2D eigenvalue weighted by molar-refractivity contribution is 0.0197. The predicted octanol–water partition coefficient (Wildman–Crippen LogP) is 5.57. The van der Waals surface area contributed by atoms with E-state index >= 15 is 0 Å². The molecule has 3 aromatic heterocycles. The van der Waals surface area contributed by atoms with Gasteiger partial charge in [-0.1, -0.05) is 11.6 Å². The zero-order chi connectivity index (χ0) is 21.6. The predicted molar refractivity (Wildman–Crippen MR) is 123 cm³/mol. The fourth-order valence-corrected chi connectivity index (χ4v) is 5.18. The molecule has 0 bridgehead atoms. The zero-order valence-electron chi connectivity index (χ0n) is 17.0. The Morgan fingerprint density at radius 3 is 2.83 bits per heavy atom. The third-order valence-corrected chi connectivity index (χ3v) is 7.00. The Kier molecular flexibility index (Phi) is 5.71. The SMILES string of the molecule is CC(C)(C)OC(=O)N1CCCC(c2nc3c(-c4ccsc4Cl)cnn3c(N)c2Br)C1. The monoisotopic (exact) mass is 511 g/mol. The largest absolute Gasteiger partial charge is 0.444 e. The van der Waals surface area contributed by atoms with E-state index in [9.17, 15) is 4.79 Å². The van der Waals surface area contributed by atoms with Crippen LogP contribution in [0.2, 0.25) is 4.34 Å². The van der Waals surface area contributed by atoms with Gasteiger partial charge in [0.2, 0.25) is 0 Å².